The maximum Gasteiger partial charge on any atom is 0.146 e. The van der Waals surface area contributed by atoms with Crippen molar-refractivity contribution in [2.45, 2.75) is 58.3 Å². The number of hydrogen-bond donors (Lipinski definition) is 0. The lowest BCUT2D eigenvalue weighted by Gasteiger charge is -2.27. The molecule has 1 aliphatic rings. The highest BCUT2D eigenvalue weighted by molar-refractivity contribution is 9.09. The monoisotopic (exact) mass is 274 g/mol. The fourth-order valence-corrected chi connectivity index (χ4v) is 3.02. The molecule has 0 N–H and O–H groups in total. The van der Waals surface area contributed by atoms with Crippen molar-refractivity contribution in [2.24, 2.45) is 11.8 Å². The molecule has 0 spiro atoms. The van der Waals surface area contributed by atoms with Crippen molar-refractivity contribution in [2.75, 3.05) is 5.33 Å². The van der Waals surface area contributed by atoms with Gasteiger partial charge in [-0.2, -0.15) is 0 Å². The van der Waals surface area contributed by atoms with Gasteiger partial charge in [0.25, 0.3) is 0 Å². The number of carbonyl (C=O) groups excluding carboxylic acids is 1. The van der Waals surface area contributed by atoms with E-state index in [0.717, 1.165) is 18.8 Å². The SMILES string of the molecule is CCCCCC1CCC(C(=O)CBr)CC1. The zero-order valence-corrected chi connectivity index (χ0v) is 11.4. The van der Waals surface area contributed by atoms with Crippen molar-refractivity contribution < 1.29 is 4.79 Å². The van der Waals surface area contributed by atoms with Crippen molar-refractivity contribution in [1.82, 2.24) is 0 Å². The molecule has 2 heteroatoms. The molecule has 0 unspecified atom stereocenters. The second kappa shape index (κ2) is 7.43. The van der Waals surface area contributed by atoms with Crippen LogP contribution in [0.4, 0.5) is 0 Å². The van der Waals surface area contributed by atoms with Crippen LogP contribution in [0.2, 0.25) is 0 Å². The van der Waals surface area contributed by atoms with Crippen LogP contribution in [0.3, 0.4) is 0 Å². The fourth-order valence-electron chi connectivity index (χ4n) is 2.57. The van der Waals surface area contributed by atoms with Gasteiger partial charge in [-0.15, -0.1) is 0 Å². The summed E-state index contributed by atoms with van der Waals surface area (Å²) < 4.78 is 0. The Balaban J connectivity index is 2.15. The van der Waals surface area contributed by atoms with E-state index >= 15 is 0 Å². The average Bonchev–Trinajstić information content (AvgIpc) is 2.29. The van der Waals surface area contributed by atoms with E-state index in [0.29, 0.717) is 17.0 Å². The zero-order valence-electron chi connectivity index (χ0n) is 9.80. The molecule has 0 heterocycles. The molecule has 0 bridgehead atoms. The molecule has 1 aliphatic carbocycles. The molecule has 15 heavy (non-hydrogen) atoms. The van der Waals surface area contributed by atoms with Crippen molar-refractivity contribution in [3.63, 3.8) is 0 Å². The van der Waals surface area contributed by atoms with E-state index in [4.69, 9.17) is 0 Å². The highest BCUT2D eigenvalue weighted by Crippen LogP contribution is 2.32. The lowest BCUT2D eigenvalue weighted by atomic mass is 9.78. The summed E-state index contributed by atoms with van der Waals surface area (Å²) in [5.41, 5.74) is 0. The first kappa shape index (κ1) is 13.2. The number of carbonyl (C=O) groups is 1. The number of rotatable bonds is 6. The second-order valence-corrected chi connectivity index (χ2v) is 5.37. The maximum atomic E-state index is 11.5. The summed E-state index contributed by atoms with van der Waals surface area (Å²) in [5.74, 6) is 1.70. The third-order valence-corrected chi connectivity index (χ3v) is 4.20. The average molecular weight is 275 g/mol. The minimum absolute atomic E-state index is 0.367. The van der Waals surface area contributed by atoms with E-state index in [1.54, 1.807) is 0 Å². The summed E-state index contributed by atoms with van der Waals surface area (Å²) in [5, 5.41) is 0.554. The number of alkyl halides is 1. The molecular weight excluding hydrogens is 252 g/mol. The molecule has 1 saturated carbocycles. The van der Waals surface area contributed by atoms with E-state index in [1.807, 2.05) is 0 Å². The van der Waals surface area contributed by atoms with Crippen molar-refractivity contribution in [3.8, 4) is 0 Å². The quantitative estimate of drug-likeness (QED) is 0.520. The van der Waals surface area contributed by atoms with E-state index in [9.17, 15) is 4.79 Å². The highest BCUT2D eigenvalue weighted by atomic mass is 79.9. The van der Waals surface area contributed by atoms with Crippen molar-refractivity contribution in [3.05, 3.63) is 0 Å². The molecule has 0 radical (unpaired) electrons. The third-order valence-electron chi connectivity index (χ3n) is 3.65. The maximum absolute atomic E-state index is 11.5. The Hall–Kier alpha value is 0.150. The molecule has 0 atom stereocenters. The van der Waals surface area contributed by atoms with E-state index in [-0.39, 0.29) is 0 Å². The van der Waals surface area contributed by atoms with E-state index in [2.05, 4.69) is 22.9 Å². The normalized spacial score (nSPS) is 26.5. The molecule has 1 fully saturated rings. The molecule has 88 valence electrons. The minimum atomic E-state index is 0.367. The lowest BCUT2D eigenvalue weighted by molar-refractivity contribution is -0.121. The predicted octanol–water partition coefficient (Wildman–Crippen LogP) is 4.34. The molecular formula is C13H23BrO. The van der Waals surface area contributed by atoms with Crippen molar-refractivity contribution >= 4 is 21.7 Å². The van der Waals surface area contributed by atoms with Crippen LogP contribution in [0.25, 0.3) is 0 Å². The Morgan fingerprint density at radius 2 is 1.87 bits per heavy atom. The minimum Gasteiger partial charge on any atom is -0.298 e. The van der Waals surface area contributed by atoms with Gasteiger partial charge in [0.15, 0.2) is 0 Å². The van der Waals surface area contributed by atoms with Crippen LogP contribution in [0, 0.1) is 11.8 Å². The molecule has 0 aromatic carbocycles. The second-order valence-electron chi connectivity index (χ2n) is 4.81. The first-order valence-electron chi connectivity index (χ1n) is 6.36. The molecule has 0 amide bonds. The summed E-state index contributed by atoms with van der Waals surface area (Å²) in [4.78, 5) is 11.5. The summed E-state index contributed by atoms with van der Waals surface area (Å²) in [6, 6.07) is 0. The number of ketones is 1. The number of Topliss-reactive ketones (excluding diaryl/α,β-unsaturated/α-hetero) is 1. The van der Waals surface area contributed by atoms with Crippen LogP contribution in [0.15, 0.2) is 0 Å². The summed E-state index contributed by atoms with van der Waals surface area (Å²) in [6.45, 7) is 2.26. The van der Waals surface area contributed by atoms with Crippen LogP contribution < -0.4 is 0 Å². The highest BCUT2D eigenvalue weighted by Gasteiger charge is 2.24. The van der Waals surface area contributed by atoms with Gasteiger partial charge in [-0.3, -0.25) is 4.79 Å². The fraction of sp³-hybridized carbons (Fsp3) is 0.923. The Kier molecular flexibility index (Phi) is 6.54. The summed E-state index contributed by atoms with van der Waals surface area (Å²) in [6.07, 6.45) is 10.3. The molecule has 0 aliphatic heterocycles. The first-order chi connectivity index (χ1) is 7.27. The standard InChI is InChI=1S/C13H23BrO/c1-2-3-4-5-11-6-8-12(9-7-11)13(15)10-14/h11-12H,2-10H2,1H3. The van der Waals surface area contributed by atoms with E-state index < -0.39 is 0 Å². The smallest absolute Gasteiger partial charge is 0.146 e. The van der Waals surface area contributed by atoms with Gasteiger partial charge < -0.3 is 0 Å². The first-order valence-corrected chi connectivity index (χ1v) is 7.48. The molecule has 1 rings (SSSR count). The topological polar surface area (TPSA) is 17.1 Å². The summed E-state index contributed by atoms with van der Waals surface area (Å²) >= 11 is 3.27. The molecule has 0 aromatic heterocycles. The molecule has 1 nitrogen and oxygen atoms in total. The van der Waals surface area contributed by atoms with E-state index in [1.165, 1.54) is 38.5 Å². The lowest BCUT2D eigenvalue weighted by Crippen LogP contribution is -2.22. The molecule has 0 aromatic rings. The van der Waals surface area contributed by atoms with Gasteiger partial charge in [0.2, 0.25) is 0 Å². The largest absolute Gasteiger partial charge is 0.298 e. The summed E-state index contributed by atoms with van der Waals surface area (Å²) in [7, 11) is 0. The van der Waals surface area contributed by atoms with Crippen LogP contribution in [-0.2, 0) is 4.79 Å². The van der Waals surface area contributed by atoms with Gasteiger partial charge in [-0.25, -0.2) is 0 Å². The zero-order chi connectivity index (χ0) is 11.1. The van der Waals surface area contributed by atoms with Gasteiger partial charge in [0.05, 0.1) is 5.33 Å². The Morgan fingerprint density at radius 1 is 1.20 bits per heavy atom. The Bertz CT molecular complexity index is 183. The number of halogens is 1. The van der Waals surface area contributed by atoms with Gasteiger partial charge in [-0.1, -0.05) is 48.5 Å². The number of unbranched alkanes of at least 4 members (excludes halogenated alkanes) is 2. The van der Waals surface area contributed by atoms with Gasteiger partial charge in [-0.05, 0) is 31.6 Å². The Labute approximate surface area is 102 Å². The van der Waals surface area contributed by atoms with Crippen LogP contribution in [-0.4, -0.2) is 11.1 Å². The predicted molar refractivity (Wildman–Crippen MR) is 68.4 cm³/mol. The molecule has 0 saturated heterocycles. The third kappa shape index (κ3) is 4.67. The van der Waals surface area contributed by atoms with Gasteiger partial charge in [0.1, 0.15) is 5.78 Å². The number of hydrogen-bond acceptors (Lipinski definition) is 1. The van der Waals surface area contributed by atoms with Gasteiger partial charge in [0, 0.05) is 5.92 Å². The van der Waals surface area contributed by atoms with Gasteiger partial charge >= 0.3 is 0 Å². The van der Waals surface area contributed by atoms with Crippen LogP contribution in [0.1, 0.15) is 58.3 Å². The van der Waals surface area contributed by atoms with Crippen LogP contribution >= 0.6 is 15.9 Å². The Morgan fingerprint density at radius 3 is 2.40 bits per heavy atom. The van der Waals surface area contributed by atoms with Crippen LogP contribution in [0.5, 0.6) is 0 Å². The van der Waals surface area contributed by atoms with Crippen molar-refractivity contribution in [1.29, 1.82) is 0 Å².